The minimum absolute atomic E-state index is 0.0373. The molecule has 1 amide bonds. The third-order valence-electron chi connectivity index (χ3n) is 6.24. The van der Waals surface area contributed by atoms with Crippen molar-refractivity contribution in [3.8, 4) is 0 Å². The number of rotatable bonds is 8. The van der Waals surface area contributed by atoms with E-state index in [1.165, 1.54) is 13.0 Å². The van der Waals surface area contributed by atoms with Crippen LogP contribution in [0.1, 0.15) is 29.8 Å². The fourth-order valence-electron chi connectivity index (χ4n) is 4.24. The van der Waals surface area contributed by atoms with Gasteiger partial charge in [-0.2, -0.15) is 8.42 Å². The van der Waals surface area contributed by atoms with Gasteiger partial charge in [0, 0.05) is 47.1 Å². The number of aromatic nitrogens is 1. The Kier molecular flexibility index (Phi) is 10.8. The first kappa shape index (κ1) is 31.2. The molecule has 1 atom stereocenters. The third-order valence-corrected chi connectivity index (χ3v) is 7.22. The van der Waals surface area contributed by atoms with Crippen LogP contribution in [-0.2, 0) is 30.8 Å². The predicted octanol–water partition coefficient (Wildman–Crippen LogP) is 2.64. The summed E-state index contributed by atoms with van der Waals surface area (Å²) in [6.07, 6.45) is 0.0373. The van der Waals surface area contributed by atoms with Crippen molar-refractivity contribution in [1.29, 1.82) is 0 Å². The van der Waals surface area contributed by atoms with Crippen molar-refractivity contribution < 1.29 is 32.0 Å². The Hall–Kier alpha value is -3.29. The Labute approximate surface area is 237 Å². The number of H-pyrrole nitrogens is 1. The van der Waals surface area contributed by atoms with Gasteiger partial charge in [0.15, 0.2) is 5.66 Å². The van der Waals surface area contributed by atoms with Crippen molar-refractivity contribution in [3.63, 3.8) is 0 Å². The molecule has 216 valence electrons. The number of esters is 1. The fraction of sp³-hybridized carbons (Fsp3) is 0.370. The number of nitrogens with zero attached hydrogens (tertiary/aromatic N) is 1. The highest BCUT2D eigenvalue weighted by molar-refractivity contribution is 7.85. The average Bonchev–Trinajstić information content (AvgIpc) is 2.93. The summed E-state index contributed by atoms with van der Waals surface area (Å²) in [5.41, 5.74) is -0.226. The largest absolute Gasteiger partial charge is 0.463 e. The molecule has 40 heavy (non-hydrogen) atoms. The first-order valence-electron chi connectivity index (χ1n) is 12.6. The lowest BCUT2D eigenvalue weighted by atomic mass is 9.93. The predicted molar refractivity (Wildman–Crippen MR) is 151 cm³/mol. The quantitative estimate of drug-likeness (QED) is 0.264. The number of fused-ring (bicyclic) bond motifs is 1. The number of hydrogen-bond acceptors (Lipinski definition) is 8. The number of pyridine rings is 1. The van der Waals surface area contributed by atoms with Gasteiger partial charge in [-0.3, -0.25) is 19.0 Å². The van der Waals surface area contributed by atoms with Crippen LogP contribution in [0.15, 0.2) is 59.4 Å². The molecule has 0 saturated carbocycles. The zero-order valence-corrected chi connectivity index (χ0v) is 23.8. The number of carbonyl (C=O) groups is 2. The summed E-state index contributed by atoms with van der Waals surface area (Å²) in [4.78, 5) is 44.0. The normalized spacial score (nSPS) is 15.4. The molecule has 1 aliphatic rings. The molecule has 3 N–H and O–H groups in total. The summed E-state index contributed by atoms with van der Waals surface area (Å²) in [5.74, 6) is -1.25. The highest BCUT2D eigenvalue weighted by atomic mass is 35.5. The molecular formula is C27H32ClN3O8S. The number of halogens is 1. The second kappa shape index (κ2) is 13.9. The second-order valence-corrected chi connectivity index (χ2v) is 11.1. The van der Waals surface area contributed by atoms with E-state index in [0.717, 1.165) is 5.39 Å². The smallest absolute Gasteiger partial charge is 0.347 e. The zero-order chi connectivity index (χ0) is 29.3. The highest BCUT2D eigenvalue weighted by Gasteiger charge is 2.48. The van der Waals surface area contributed by atoms with E-state index < -0.39 is 27.7 Å². The number of morpholine rings is 1. The molecule has 0 radical (unpaired) electrons. The summed E-state index contributed by atoms with van der Waals surface area (Å²) >= 11 is 5.98. The summed E-state index contributed by atoms with van der Waals surface area (Å²) in [6.45, 7) is 4.82. The van der Waals surface area contributed by atoms with Crippen molar-refractivity contribution in [2.75, 3.05) is 38.7 Å². The highest BCUT2D eigenvalue weighted by Crippen LogP contribution is 2.26. The average molecular weight is 594 g/mol. The maximum absolute atomic E-state index is 13.6. The van der Waals surface area contributed by atoms with Gasteiger partial charge in [0.25, 0.3) is 16.0 Å². The molecule has 13 heteroatoms. The molecular weight excluding hydrogens is 562 g/mol. The van der Waals surface area contributed by atoms with Crippen molar-refractivity contribution >= 4 is 44.5 Å². The summed E-state index contributed by atoms with van der Waals surface area (Å²) in [7, 11) is -3.66. The lowest BCUT2D eigenvalue weighted by molar-refractivity contribution is -0.163. The van der Waals surface area contributed by atoms with E-state index in [1.807, 2.05) is 23.1 Å². The van der Waals surface area contributed by atoms with Gasteiger partial charge >= 0.3 is 5.97 Å². The molecule has 1 unspecified atom stereocenters. The third kappa shape index (κ3) is 8.12. The molecule has 1 aliphatic heterocycles. The van der Waals surface area contributed by atoms with Gasteiger partial charge < -0.3 is 19.8 Å². The molecule has 11 nitrogen and oxygen atoms in total. The Bertz CT molecular complexity index is 1490. The topological polar surface area (TPSA) is 155 Å². The molecule has 2 heterocycles. The van der Waals surface area contributed by atoms with Crippen molar-refractivity contribution in [1.82, 2.24) is 15.2 Å². The SMILES string of the molecule is CCOC(=O)C(Cc1cc(=O)[nH]c2ccccc12)(NC(=O)c1ccc(Cl)cc1)N1CCOCC1.CCS(=O)(=O)O. The molecule has 1 aromatic heterocycles. The minimum Gasteiger partial charge on any atom is -0.463 e. The number of nitrogens with one attached hydrogen (secondary N) is 2. The fourth-order valence-corrected chi connectivity index (χ4v) is 4.37. The van der Waals surface area contributed by atoms with Crippen molar-refractivity contribution in [2.24, 2.45) is 0 Å². The lowest BCUT2D eigenvalue weighted by Crippen LogP contribution is -2.69. The molecule has 0 spiro atoms. The Balaban J connectivity index is 0.000000663. The van der Waals surface area contributed by atoms with Gasteiger partial charge in [-0.05, 0) is 49.7 Å². The van der Waals surface area contributed by atoms with Crippen LogP contribution < -0.4 is 10.9 Å². The number of hydrogen-bond donors (Lipinski definition) is 3. The Morgan fingerprint density at radius 2 is 1.75 bits per heavy atom. The molecule has 0 aliphatic carbocycles. The molecule has 3 aromatic rings. The number of amides is 1. The first-order valence-corrected chi connectivity index (χ1v) is 14.6. The summed E-state index contributed by atoms with van der Waals surface area (Å²) in [6, 6.07) is 15.2. The van der Waals surface area contributed by atoms with E-state index >= 15 is 0 Å². The van der Waals surface area contributed by atoms with Gasteiger partial charge in [-0.15, -0.1) is 0 Å². The van der Waals surface area contributed by atoms with Gasteiger partial charge in [0.05, 0.1) is 25.6 Å². The standard InChI is InChI=1S/C25H26ClN3O5.C2H6O3S/c1-2-34-24(32)25(29-11-13-33-14-12-29,28-23(31)17-7-9-19(26)10-8-17)16-18-15-22(30)27-21-6-4-3-5-20(18)21;1-2-6(3,4)5/h3-10,15H,2,11-14,16H2,1H3,(H,27,30)(H,28,31);2H2,1H3,(H,3,4,5). The first-order chi connectivity index (χ1) is 19.0. The van der Waals surface area contributed by atoms with Crippen LogP contribution in [0, 0.1) is 0 Å². The maximum Gasteiger partial charge on any atom is 0.347 e. The monoisotopic (exact) mass is 593 g/mol. The second-order valence-electron chi connectivity index (χ2n) is 8.89. The number of benzene rings is 2. The summed E-state index contributed by atoms with van der Waals surface area (Å²) < 4.78 is 37.9. The van der Waals surface area contributed by atoms with Crippen LogP contribution in [0.3, 0.4) is 0 Å². The molecule has 4 rings (SSSR count). The van der Waals surface area contributed by atoms with E-state index in [9.17, 15) is 22.8 Å². The van der Waals surface area contributed by atoms with E-state index in [1.54, 1.807) is 37.3 Å². The van der Waals surface area contributed by atoms with Crippen LogP contribution in [0.4, 0.5) is 0 Å². The van der Waals surface area contributed by atoms with E-state index in [0.29, 0.717) is 48.0 Å². The van der Waals surface area contributed by atoms with Gasteiger partial charge in [0.2, 0.25) is 5.56 Å². The van der Waals surface area contributed by atoms with Gasteiger partial charge in [-0.1, -0.05) is 29.8 Å². The number of ether oxygens (including phenoxy) is 2. The van der Waals surface area contributed by atoms with E-state index in [-0.39, 0.29) is 24.3 Å². The van der Waals surface area contributed by atoms with Crippen molar-refractivity contribution in [3.05, 3.63) is 81.1 Å². The van der Waals surface area contributed by atoms with Gasteiger partial charge in [0.1, 0.15) is 0 Å². The molecule has 2 aromatic carbocycles. The van der Waals surface area contributed by atoms with Crippen molar-refractivity contribution in [2.45, 2.75) is 25.9 Å². The summed E-state index contributed by atoms with van der Waals surface area (Å²) in [5, 5.41) is 4.23. The minimum atomic E-state index is -3.66. The number of aromatic amines is 1. The van der Waals surface area contributed by atoms with E-state index in [4.69, 9.17) is 25.6 Å². The van der Waals surface area contributed by atoms with Gasteiger partial charge in [-0.25, -0.2) is 4.79 Å². The molecule has 1 fully saturated rings. The van der Waals surface area contributed by atoms with E-state index in [2.05, 4.69) is 10.3 Å². The van der Waals surface area contributed by atoms with Crippen LogP contribution in [0.25, 0.3) is 10.9 Å². The lowest BCUT2D eigenvalue weighted by Gasteiger charge is -2.44. The maximum atomic E-state index is 13.6. The van der Waals surface area contributed by atoms with Crippen LogP contribution in [-0.4, -0.2) is 79.1 Å². The zero-order valence-electron chi connectivity index (χ0n) is 22.2. The Morgan fingerprint density at radius 1 is 1.12 bits per heavy atom. The van der Waals surface area contributed by atoms with Crippen LogP contribution >= 0.6 is 11.6 Å². The number of para-hydroxylation sites is 1. The molecule has 0 bridgehead atoms. The Morgan fingerprint density at radius 3 is 2.35 bits per heavy atom. The number of carbonyl (C=O) groups excluding carboxylic acids is 2. The molecule has 1 saturated heterocycles. The van der Waals surface area contributed by atoms with Crippen LogP contribution in [0.5, 0.6) is 0 Å². The van der Waals surface area contributed by atoms with Crippen LogP contribution in [0.2, 0.25) is 5.02 Å².